The number of ether oxygens (including phenoxy) is 1. The van der Waals surface area contributed by atoms with Crippen LogP contribution in [0, 0.1) is 0 Å². The molecule has 19 heavy (non-hydrogen) atoms. The number of aliphatic hydroxyl groups excluding tert-OH is 1. The third kappa shape index (κ3) is 5.80. The van der Waals surface area contributed by atoms with Crippen LogP contribution in [0.3, 0.4) is 0 Å². The first kappa shape index (κ1) is 16.3. The molecule has 2 atom stereocenters. The Labute approximate surface area is 112 Å². The Morgan fingerprint density at radius 3 is 2.79 bits per heavy atom. The second-order valence-electron chi connectivity index (χ2n) is 5.07. The standard InChI is InChI=1S/C12H22F2N2O3/c1-15(2)6-9-5-10(17)7-16(9)12(18)3-4-19-8-11(13)14/h9-11,17H,3-8H2,1-2H3. The molecule has 1 aliphatic heterocycles. The van der Waals surface area contributed by atoms with Crippen molar-refractivity contribution in [3.63, 3.8) is 0 Å². The van der Waals surface area contributed by atoms with Crippen LogP contribution < -0.4 is 0 Å². The summed E-state index contributed by atoms with van der Waals surface area (Å²) in [6.45, 7) is 0.342. The van der Waals surface area contributed by atoms with Gasteiger partial charge in [0.1, 0.15) is 6.61 Å². The molecule has 1 saturated heterocycles. The maximum absolute atomic E-state index is 12.0. The zero-order valence-electron chi connectivity index (χ0n) is 11.4. The van der Waals surface area contributed by atoms with Gasteiger partial charge in [0.05, 0.1) is 19.1 Å². The monoisotopic (exact) mass is 280 g/mol. The van der Waals surface area contributed by atoms with E-state index >= 15 is 0 Å². The molecular formula is C12H22F2N2O3. The van der Waals surface area contributed by atoms with Crippen LogP contribution in [0.15, 0.2) is 0 Å². The van der Waals surface area contributed by atoms with Gasteiger partial charge in [-0.2, -0.15) is 0 Å². The third-order valence-electron chi connectivity index (χ3n) is 2.99. The lowest BCUT2D eigenvalue weighted by molar-refractivity contribution is -0.134. The molecule has 1 heterocycles. The lowest BCUT2D eigenvalue weighted by Crippen LogP contribution is -2.41. The van der Waals surface area contributed by atoms with Crippen LogP contribution in [-0.2, 0) is 9.53 Å². The van der Waals surface area contributed by atoms with E-state index < -0.39 is 19.1 Å². The second-order valence-corrected chi connectivity index (χ2v) is 5.07. The van der Waals surface area contributed by atoms with Crippen molar-refractivity contribution < 1.29 is 23.4 Å². The maximum atomic E-state index is 12.0. The van der Waals surface area contributed by atoms with Crippen molar-refractivity contribution in [1.82, 2.24) is 9.80 Å². The Hall–Kier alpha value is -0.790. The first-order valence-electron chi connectivity index (χ1n) is 6.38. The highest BCUT2D eigenvalue weighted by atomic mass is 19.3. The zero-order valence-corrected chi connectivity index (χ0v) is 11.4. The van der Waals surface area contributed by atoms with Crippen LogP contribution in [0.5, 0.6) is 0 Å². The smallest absolute Gasteiger partial charge is 0.261 e. The number of nitrogens with zero attached hydrogens (tertiary/aromatic N) is 2. The summed E-state index contributed by atoms with van der Waals surface area (Å²) in [5.41, 5.74) is 0. The molecule has 0 spiro atoms. The summed E-state index contributed by atoms with van der Waals surface area (Å²) in [6, 6.07) is -0.0207. The summed E-state index contributed by atoms with van der Waals surface area (Å²) >= 11 is 0. The molecule has 1 aliphatic rings. The SMILES string of the molecule is CN(C)CC1CC(O)CN1C(=O)CCOCC(F)F. The number of rotatable bonds is 7. The molecule has 0 aromatic rings. The van der Waals surface area contributed by atoms with E-state index in [1.807, 2.05) is 19.0 Å². The number of hydrogen-bond acceptors (Lipinski definition) is 4. The molecule has 0 aromatic heterocycles. The molecule has 1 N–H and O–H groups in total. The number of β-amino-alcohol motifs (C(OH)–C–C–N with tert-alkyl or cyclic N) is 1. The summed E-state index contributed by atoms with van der Waals surface area (Å²) < 4.78 is 28.4. The van der Waals surface area contributed by atoms with Gasteiger partial charge in [0.15, 0.2) is 0 Å². The summed E-state index contributed by atoms with van der Waals surface area (Å²) in [4.78, 5) is 15.5. The van der Waals surface area contributed by atoms with E-state index in [9.17, 15) is 18.7 Å². The Kier molecular flexibility index (Phi) is 6.60. The Balaban J connectivity index is 2.36. The summed E-state index contributed by atoms with van der Waals surface area (Å²) in [7, 11) is 3.80. The number of alkyl halides is 2. The lowest BCUT2D eigenvalue weighted by Gasteiger charge is -2.26. The van der Waals surface area contributed by atoms with Crippen molar-refractivity contribution >= 4 is 5.91 Å². The molecule has 7 heteroatoms. The van der Waals surface area contributed by atoms with Crippen molar-refractivity contribution in [2.75, 3.05) is 40.4 Å². The maximum Gasteiger partial charge on any atom is 0.261 e. The van der Waals surface area contributed by atoms with E-state index in [-0.39, 0.29) is 25.0 Å². The average Bonchev–Trinajstić information content (AvgIpc) is 2.64. The first-order valence-corrected chi connectivity index (χ1v) is 6.38. The number of hydrogen-bond donors (Lipinski definition) is 1. The van der Waals surface area contributed by atoms with Gasteiger partial charge in [-0.05, 0) is 20.5 Å². The van der Waals surface area contributed by atoms with E-state index in [2.05, 4.69) is 0 Å². The van der Waals surface area contributed by atoms with Gasteiger partial charge in [-0.1, -0.05) is 0 Å². The van der Waals surface area contributed by atoms with Crippen LogP contribution in [0.4, 0.5) is 8.78 Å². The molecule has 1 rings (SSSR count). The summed E-state index contributed by atoms with van der Waals surface area (Å²) in [5.74, 6) is -0.155. The molecule has 0 radical (unpaired) electrons. The van der Waals surface area contributed by atoms with Crippen LogP contribution in [0.1, 0.15) is 12.8 Å². The van der Waals surface area contributed by atoms with Crippen LogP contribution in [0.25, 0.3) is 0 Å². The number of amides is 1. The van der Waals surface area contributed by atoms with E-state index in [1.165, 1.54) is 0 Å². The van der Waals surface area contributed by atoms with Gasteiger partial charge in [-0.15, -0.1) is 0 Å². The van der Waals surface area contributed by atoms with Crippen molar-refractivity contribution in [3.05, 3.63) is 0 Å². The highest BCUT2D eigenvalue weighted by Gasteiger charge is 2.33. The third-order valence-corrected chi connectivity index (χ3v) is 2.99. The fourth-order valence-corrected chi connectivity index (χ4v) is 2.27. The number of likely N-dealkylation sites (N-methyl/N-ethyl adjacent to an activating group) is 1. The summed E-state index contributed by atoms with van der Waals surface area (Å²) in [5, 5.41) is 9.63. The number of carbonyl (C=O) groups is 1. The lowest BCUT2D eigenvalue weighted by atomic mass is 10.2. The van der Waals surface area contributed by atoms with Gasteiger partial charge in [-0.25, -0.2) is 8.78 Å². The second kappa shape index (κ2) is 7.72. The van der Waals surface area contributed by atoms with Crippen LogP contribution >= 0.6 is 0 Å². The number of carbonyl (C=O) groups excluding carboxylic acids is 1. The molecule has 0 bridgehead atoms. The van der Waals surface area contributed by atoms with Crippen molar-refractivity contribution in [1.29, 1.82) is 0 Å². The normalized spacial score (nSPS) is 23.6. The Bertz CT molecular complexity index is 290. The van der Waals surface area contributed by atoms with Crippen molar-refractivity contribution in [2.24, 2.45) is 0 Å². The summed E-state index contributed by atoms with van der Waals surface area (Å²) in [6.07, 6.45) is -2.38. The minimum atomic E-state index is -2.51. The number of likely N-dealkylation sites (tertiary alicyclic amines) is 1. The highest BCUT2D eigenvalue weighted by Crippen LogP contribution is 2.19. The van der Waals surface area contributed by atoms with Gasteiger partial charge in [0.2, 0.25) is 5.91 Å². The van der Waals surface area contributed by atoms with Crippen LogP contribution in [-0.4, -0.2) is 79.8 Å². The predicted octanol–water partition coefficient (Wildman–Crippen LogP) is 0.182. The Morgan fingerprint density at radius 1 is 1.53 bits per heavy atom. The average molecular weight is 280 g/mol. The molecule has 2 unspecified atom stereocenters. The first-order chi connectivity index (χ1) is 8.90. The molecule has 1 fully saturated rings. The predicted molar refractivity (Wildman–Crippen MR) is 66.1 cm³/mol. The topological polar surface area (TPSA) is 53.0 Å². The fourth-order valence-electron chi connectivity index (χ4n) is 2.27. The van der Waals surface area contributed by atoms with Crippen LogP contribution in [0.2, 0.25) is 0 Å². The number of aliphatic hydroxyl groups is 1. The molecule has 5 nitrogen and oxygen atoms in total. The van der Waals surface area contributed by atoms with Crippen molar-refractivity contribution in [2.45, 2.75) is 31.4 Å². The van der Waals surface area contributed by atoms with E-state index in [0.717, 1.165) is 0 Å². The van der Waals surface area contributed by atoms with Crippen molar-refractivity contribution in [3.8, 4) is 0 Å². The molecular weight excluding hydrogens is 258 g/mol. The largest absolute Gasteiger partial charge is 0.391 e. The Morgan fingerprint density at radius 2 is 2.21 bits per heavy atom. The highest BCUT2D eigenvalue weighted by molar-refractivity contribution is 5.77. The van der Waals surface area contributed by atoms with E-state index in [4.69, 9.17) is 4.74 Å². The molecule has 0 aromatic carbocycles. The van der Waals surface area contributed by atoms with Gasteiger partial charge in [-0.3, -0.25) is 4.79 Å². The van der Waals surface area contributed by atoms with Gasteiger partial charge < -0.3 is 19.6 Å². The molecule has 0 saturated carbocycles. The quantitative estimate of drug-likeness (QED) is 0.676. The van der Waals surface area contributed by atoms with Gasteiger partial charge in [0, 0.05) is 19.1 Å². The van der Waals surface area contributed by atoms with Gasteiger partial charge >= 0.3 is 0 Å². The zero-order chi connectivity index (χ0) is 14.4. The van der Waals surface area contributed by atoms with Gasteiger partial charge in [0.25, 0.3) is 6.43 Å². The van der Waals surface area contributed by atoms with E-state index in [0.29, 0.717) is 19.5 Å². The fraction of sp³-hybridized carbons (Fsp3) is 0.917. The minimum Gasteiger partial charge on any atom is -0.391 e. The molecule has 112 valence electrons. The minimum absolute atomic E-state index is 0.00947. The number of halogens is 2. The molecule has 1 amide bonds. The van der Waals surface area contributed by atoms with E-state index in [1.54, 1.807) is 4.90 Å². The molecule has 0 aliphatic carbocycles.